The summed E-state index contributed by atoms with van der Waals surface area (Å²) < 4.78 is 0. The molecule has 2 aliphatic rings. The van der Waals surface area contributed by atoms with Gasteiger partial charge in [0.2, 0.25) is 5.91 Å². The van der Waals surface area contributed by atoms with Crippen LogP contribution in [0.3, 0.4) is 0 Å². The zero-order valence-corrected chi connectivity index (χ0v) is 14.0. The summed E-state index contributed by atoms with van der Waals surface area (Å²) in [6.45, 7) is 0.234. The van der Waals surface area contributed by atoms with Crippen molar-refractivity contribution >= 4 is 17.5 Å². The maximum absolute atomic E-state index is 12.4. The molecule has 0 aliphatic heterocycles. The van der Waals surface area contributed by atoms with Gasteiger partial charge in [-0.2, -0.15) is 0 Å². The van der Waals surface area contributed by atoms with Crippen molar-refractivity contribution in [2.45, 2.75) is 44.2 Å². The van der Waals surface area contributed by atoms with Gasteiger partial charge in [0.25, 0.3) is 0 Å². The molecule has 0 heterocycles. The largest absolute Gasteiger partial charge is 0.387 e. The molecule has 3 atom stereocenters. The van der Waals surface area contributed by atoms with E-state index in [0.29, 0.717) is 16.9 Å². The van der Waals surface area contributed by atoms with Crippen LogP contribution in [0.2, 0.25) is 5.02 Å². The first-order chi connectivity index (χ1) is 11.0. The second-order valence-electron chi connectivity index (χ2n) is 7.01. The van der Waals surface area contributed by atoms with Crippen molar-refractivity contribution in [3.8, 4) is 0 Å². The Morgan fingerprint density at radius 2 is 1.87 bits per heavy atom. The number of nitrogens with one attached hydrogen (secondary N) is 1. The van der Waals surface area contributed by atoms with E-state index in [4.69, 9.17) is 17.3 Å². The molecule has 5 heteroatoms. The molecular formula is C18H25ClN2O2. The molecule has 1 aromatic carbocycles. The highest BCUT2D eigenvalue weighted by molar-refractivity contribution is 6.30. The van der Waals surface area contributed by atoms with Gasteiger partial charge in [-0.3, -0.25) is 4.79 Å². The molecule has 3 unspecified atom stereocenters. The van der Waals surface area contributed by atoms with E-state index in [0.717, 1.165) is 31.2 Å². The fraction of sp³-hybridized carbons (Fsp3) is 0.611. The molecule has 4 nitrogen and oxygen atoms in total. The Balaban J connectivity index is 1.52. The number of amides is 1. The van der Waals surface area contributed by atoms with Crippen LogP contribution in [-0.2, 0) is 4.79 Å². The summed E-state index contributed by atoms with van der Waals surface area (Å²) in [7, 11) is 0. The van der Waals surface area contributed by atoms with E-state index in [2.05, 4.69) is 5.32 Å². The average Bonchev–Trinajstić information content (AvgIpc) is 2.52. The molecular weight excluding hydrogens is 312 g/mol. The number of carbonyl (C=O) groups is 1. The molecule has 126 valence electrons. The molecule has 0 spiro atoms. The Bertz CT molecular complexity index is 534. The van der Waals surface area contributed by atoms with Gasteiger partial charge in [0.15, 0.2) is 0 Å². The zero-order chi connectivity index (χ0) is 16.4. The van der Waals surface area contributed by atoms with Crippen molar-refractivity contribution in [2.24, 2.45) is 23.5 Å². The van der Waals surface area contributed by atoms with E-state index in [1.54, 1.807) is 24.3 Å². The summed E-state index contributed by atoms with van der Waals surface area (Å²) in [5.41, 5.74) is 7.04. The summed E-state index contributed by atoms with van der Waals surface area (Å²) in [5.74, 6) is 1.07. The molecule has 0 radical (unpaired) electrons. The van der Waals surface area contributed by atoms with Gasteiger partial charge in [-0.1, -0.05) is 30.2 Å². The summed E-state index contributed by atoms with van der Waals surface area (Å²) in [6.07, 6.45) is 4.61. The lowest BCUT2D eigenvalue weighted by Gasteiger charge is -2.43. The number of halogens is 1. The Hall–Kier alpha value is -1.10. The first-order valence-electron chi connectivity index (χ1n) is 8.51. The number of fused-ring (bicyclic) bond motifs is 2. The Morgan fingerprint density at radius 1 is 1.26 bits per heavy atom. The van der Waals surface area contributed by atoms with Gasteiger partial charge in [-0.05, 0) is 55.2 Å². The Morgan fingerprint density at radius 3 is 2.48 bits per heavy atom. The van der Waals surface area contributed by atoms with Crippen molar-refractivity contribution in [1.29, 1.82) is 0 Å². The van der Waals surface area contributed by atoms with Crippen LogP contribution < -0.4 is 11.1 Å². The number of hydrogen-bond donors (Lipinski definition) is 3. The van der Waals surface area contributed by atoms with Crippen LogP contribution in [0.5, 0.6) is 0 Å². The number of carbonyl (C=O) groups excluding carboxylic acids is 1. The monoisotopic (exact) mass is 336 g/mol. The van der Waals surface area contributed by atoms with E-state index in [1.807, 2.05) is 0 Å². The second-order valence-corrected chi connectivity index (χ2v) is 7.45. The maximum atomic E-state index is 12.4. The highest BCUT2D eigenvalue weighted by Gasteiger charge is 2.40. The molecule has 23 heavy (non-hydrogen) atoms. The van der Waals surface area contributed by atoms with Crippen LogP contribution in [0.1, 0.15) is 43.8 Å². The molecule has 2 aliphatic carbocycles. The fourth-order valence-corrected chi connectivity index (χ4v) is 4.27. The minimum Gasteiger partial charge on any atom is -0.387 e. The van der Waals surface area contributed by atoms with Crippen molar-refractivity contribution < 1.29 is 9.90 Å². The quantitative estimate of drug-likeness (QED) is 0.791. The predicted octanol–water partition coefficient (Wildman–Crippen LogP) is 2.64. The molecule has 0 saturated heterocycles. The van der Waals surface area contributed by atoms with Crippen molar-refractivity contribution in [1.82, 2.24) is 5.32 Å². The van der Waals surface area contributed by atoms with E-state index in [1.165, 1.54) is 6.42 Å². The SMILES string of the molecule is NC1C2CCCC1CC(C(=O)NCC(O)c1ccc(Cl)cc1)C2. The van der Waals surface area contributed by atoms with Gasteiger partial charge in [0.05, 0.1) is 6.10 Å². The third-order valence-electron chi connectivity index (χ3n) is 5.51. The molecule has 1 amide bonds. The predicted molar refractivity (Wildman–Crippen MR) is 91.0 cm³/mol. The second kappa shape index (κ2) is 7.20. The smallest absolute Gasteiger partial charge is 0.223 e. The topological polar surface area (TPSA) is 75.4 Å². The summed E-state index contributed by atoms with van der Waals surface area (Å²) in [5, 5.41) is 13.7. The number of rotatable bonds is 4. The van der Waals surface area contributed by atoms with E-state index >= 15 is 0 Å². The van der Waals surface area contributed by atoms with Crippen molar-refractivity contribution in [3.63, 3.8) is 0 Å². The van der Waals surface area contributed by atoms with Gasteiger partial charge < -0.3 is 16.2 Å². The first-order valence-corrected chi connectivity index (χ1v) is 8.89. The van der Waals surface area contributed by atoms with E-state index in [9.17, 15) is 9.90 Å². The minimum atomic E-state index is -0.707. The van der Waals surface area contributed by atoms with Crippen LogP contribution >= 0.6 is 11.6 Å². The minimum absolute atomic E-state index is 0.0440. The van der Waals surface area contributed by atoms with Gasteiger partial charge in [-0.25, -0.2) is 0 Å². The van der Waals surface area contributed by atoms with Crippen LogP contribution in [0.15, 0.2) is 24.3 Å². The van der Waals surface area contributed by atoms with Crippen LogP contribution in [0.4, 0.5) is 0 Å². The molecule has 2 saturated carbocycles. The molecule has 0 aromatic heterocycles. The molecule has 2 bridgehead atoms. The third-order valence-corrected chi connectivity index (χ3v) is 5.76. The molecule has 2 fully saturated rings. The Kier molecular flexibility index (Phi) is 5.24. The van der Waals surface area contributed by atoms with Gasteiger partial charge >= 0.3 is 0 Å². The lowest BCUT2D eigenvalue weighted by atomic mass is 9.65. The van der Waals surface area contributed by atoms with Gasteiger partial charge in [0.1, 0.15) is 0 Å². The highest BCUT2D eigenvalue weighted by Crippen LogP contribution is 2.41. The molecule has 1 aromatic rings. The number of aliphatic hydroxyl groups excluding tert-OH is 1. The van der Waals surface area contributed by atoms with Gasteiger partial charge in [0, 0.05) is 23.5 Å². The summed E-state index contributed by atoms with van der Waals surface area (Å²) in [4.78, 5) is 12.4. The first kappa shape index (κ1) is 16.7. The van der Waals surface area contributed by atoms with Crippen LogP contribution in [-0.4, -0.2) is 23.6 Å². The zero-order valence-electron chi connectivity index (χ0n) is 13.2. The van der Waals surface area contributed by atoms with Crippen LogP contribution in [0, 0.1) is 17.8 Å². The number of nitrogens with two attached hydrogens (primary N) is 1. The molecule has 4 N–H and O–H groups in total. The lowest BCUT2D eigenvalue weighted by molar-refractivity contribution is -0.128. The fourth-order valence-electron chi connectivity index (χ4n) is 4.15. The standard InChI is InChI=1S/C18H25ClN2O2/c19-15-6-4-11(5-7-15)16(22)10-21-18(23)14-8-12-2-1-3-13(9-14)17(12)20/h4-7,12-14,16-17,22H,1-3,8-10,20H2,(H,21,23). The maximum Gasteiger partial charge on any atom is 0.223 e. The van der Waals surface area contributed by atoms with Crippen molar-refractivity contribution in [3.05, 3.63) is 34.9 Å². The Labute approximate surface area is 142 Å². The van der Waals surface area contributed by atoms with Crippen molar-refractivity contribution in [2.75, 3.05) is 6.54 Å². The number of hydrogen-bond acceptors (Lipinski definition) is 3. The van der Waals surface area contributed by atoms with E-state index in [-0.39, 0.29) is 24.4 Å². The normalized spacial score (nSPS) is 31.4. The summed E-state index contributed by atoms with van der Waals surface area (Å²) in [6, 6.07) is 7.32. The number of aliphatic hydroxyl groups is 1. The summed E-state index contributed by atoms with van der Waals surface area (Å²) >= 11 is 5.84. The lowest BCUT2D eigenvalue weighted by Crippen LogP contribution is -2.49. The number of benzene rings is 1. The van der Waals surface area contributed by atoms with Crippen LogP contribution in [0.25, 0.3) is 0 Å². The van der Waals surface area contributed by atoms with E-state index < -0.39 is 6.10 Å². The molecule has 3 rings (SSSR count). The third kappa shape index (κ3) is 3.87. The average molecular weight is 337 g/mol. The van der Waals surface area contributed by atoms with Gasteiger partial charge in [-0.15, -0.1) is 0 Å². The highest BCUT2D eigenvalue weighted by atomic mass is 35.5.